The number of carbonyl (C=O) groups is 1. The second kappa shape index (κ2) is 9.84. The number of urea groups is 1. The van der Waals surface area contributed by atoms with Crippen molar-refractivity contribution < 1.29 is 4.79 Å². The zero-order chi connectivity index (χ0) is 20.1. The molecule has 0 saturated carbocycles. The lowest BCUT2D eigenvalue weighted by Crippen LogP contribution is -2.50. The number of hydrogen-bond donors (Lipinski definition) is 3. The first-order valence-electron chi connectivity index (χ1n) is 10.7. The van der Waals surface area contributed by atoms with Gasteiger partial charge in [-0.3, -0.25) is 0 Å². The lowest BCUT2D eigenvalue weighted by molar-refractivity contribution is 0.158. The largest absolute Gasteiger partial charge is 0.328 e. The Morgan fingerprint density at radius 2 is 1.96 bits per heavy atom. The molecule has 0 aromatic carbocycles. The van der Waals surface area contributed by atoms with E-state index in [-0.39, 0.29) is 11.4 Å². The molecular formula is C21H42N4OS. The van der Waals surface area contributed by atoms with Crippen LogP contribution in [0.1, 0.15) is 53.4 Å². The van der Waals surface area contributed by atoms with Crippen LogP contribution in [0.3, 0.4) is 0 Å². The molecule has 6 heteroatoms. The van der Waals surface area contributed by atoms with E-state index in [1.54, 1.807) is 0 Å². The molecule has 0 radical (unpaired) electrons. The molecule has 0 bridgehead atoms. The smallest absolute Gasteiger partial charge is 0.319 e. The number of carbonyl (C=O) groups excluding carboxylic acids is 1. The Labute approximate surface area is 172 Å². The SMILES string of the molecule is CN(CCC(C)(CS)CC1CNCCN1)C(=O)N1CC[C@H](CC(C)(C)C)C1. The number of hydrogen-bond acceptors (Lipinski definition) is 4. The molecule has 2 aliphatic heterocycles. The summed E-state index contributed by atoms with van der Waals surface area (Å²) >= 11 is 4.63. The average molecular weight is 399 g/mol. The molecule has 0 aromatic rings. The molecule has 0 aromatic heterocycles. The molecule has 27 heavy (non-hydrogen) atoms. The summed E-state index contributed by atoms with van der Waals surface area (Å²) in [7, 11) is 1.96. The predicted molar refractivity (Wildman–Crippen MR) is 118 cm³/mol. The summed E-state index contributed by atoms with van der Waals surface area (Å²) in [5.41, 5.74) is 0.486. The topological polar surface area (TPSA) is 47.6 Å². The van der Waals surface area contributed by atoms with Gasteiger partial charge < -0.3 is 20.4 Å². The minimum absolute atomic E-state index is 0.147. The lowest BCUT2D eigenvalue weighted by atomic mass is 9.81. The summed E-state index contributed by atoms with van der Waals surface area (Å²) in [6, 6.07) is 0.707. The first-order valence-corrected chi connectivity index (χ1v) is 11.3. The van der Waals surface area contributed by atoms with Gasteiger partial charge in [0.15, 0.2) is 0 Å². The first-order chi connectivity index (χ1) is 12.6. The summed E-state index contributed by atoms with van der Waals surface area (Å²) in [5, 5.41) is 7.07. The van der Waals surface area contributed by atoms with Gasteiger partial charge in [-0.05, 0) is 48.2 Å². The average Bonchev–Trinajstić information content (AvgIpc) is 3.06. The molecule has 2 heterocycles. The second-order valence-corrected chi connectivity index (χ2v) is 10.7. The van der Waals surface area contributed by atoms with Gasteiger partial charge in [0.25, 0.3) is 0 Å². The normalized spacial score (nSPS) is 26.1. The number of thiol groups is 1. The Morgan fingerprint density at radius 1 is 1.22 bits per heavy atom. The van der Waals surface area contributed by atoms with Crippen molar-refractivity contribution in [1.29, 1.82) is 0 Å². The van der Waals surface area contributed by atoms with E-state index in [2.05, 4.69) is 55.9 Å². The second-order valence-electron chi connectivity index (χ2n) is 10.3. The van der Waals surface area contributed by atoms with Crippen LogP contribution in [0.15, 0.2) is 0 Å². The zero-order valence-electron chi connectivity index (χ0n) is 18.2. The van der Waals surface area contributed by atoms with E-state index in [0.717, 1.165) is 64.3 Å². The molecule has 0 spiro atoms. The standard InChI is InChI=1S/C21H42N4OS/c1-20(2,3)12-17-6-10-25(15-17)19(26)24(5)11-7-21(4,16-27)13-18-14-22-8-9-23-18/h17-18,22-23,27H,6-16H2,1-5H3/t17-,18?,21?/m1/s1. The van der Waals surface area contributed by atoms with Crippen molar-refractivity contribution in [3.63, 3.8) is 0 Å². The van der Waals surface area contributed by atoms with Crippen LogP contribution in [-0.2, 0) is 0 Å². The van der Waals surface area contributed by atoms with E-state index in [1.807, 2.05) is 11.9 Å². The molecule has 2 amide bonds. The number of amides is 2. The minimum Gasteiger partial charge on any atom is -0.328 e. The Bertz CT molecular complexity index is 475. The van der Waals surface area contributed by atoms with E-state index in [4.69, 9.17) is 0 Å². The zero-order valence-corrected chi connectivity index (χ0v) is 19.1. The van der Waals surface area contributed by atoms with Crippen LogP contribution >= 0.6 is 12.6 Å². The fraction of sp³-hybridized carbons (Fsp3) is 0.952. The molecule has 5 nitrogen and oxygen atoms in total. The summed E-state index contributed by atoms with van der Waals surface area (Å²) in [4.78, 5) is 16.8. The Morgan fingerprint density at radius 3 is 2.56 bits per heavy atom. The van der Waals surface area contributed by atoms with Gasteiger partial charge in [-0.2, -0.15) is 12.6 Å². The highest BCUT2D eigenvalue weighted by atomic mass is 32.1. The number of piperazine rings is 1. The molecule has 2 rings (SSSR count). The van der Waals surface area contributed by atoms with Gasteiger partial charge in [0.1, 0.15) is 0 Å². The van der Waals surface area contributed by atoms with E-state index in [0.29, 0.717) is 17.4 Å². The molecule has 158 valence electrons. The van der Waals surface area contributed by atoms with Crippen LogP contribution in [0.5, 0.6) is 0 Å². The van der Waals surface area contributed by atoms with Gasteiger partial charge in [-0.15, -0.1) is 0 Å². The third-order valence-electron chi connectivity index (χ3n) is 6.08. The summed E-state index contributed by atoms with van der Waals surface area (Å²) in [5.74, 6) is 1.50. The van der Waals surface area contributed by atoms with E-state index in [9.17, 15) is 4.79 Å². The Kier molecular flexibility index (Phi) is 8.32. The quantitative estimate of drug-likeness (QED) is 0.578. The molecule has 2 fully saturated rings. The van der Waals surface area contributed by atoms with Gasteiger partial charge >= 0.3 is 6.03 Å². The summed E-state index contributed by atoms with van der Waals surface area (Å²) in [6.07, 6.45) is 4.44. The monoisotopic (exact) mass is 398 g/mol. The number of nitrogens with zero attached hydrogens (tertiary/aromatic N) is 2. The predicted octanol–water partition coefficient (Wildman–Crippen LogP) is 3.07. The molecular weight excluding hydrogens is 356 g/mol. The molecule has 2 unspecified atom stereocenters. The Balaban J connectivity index is 1.79. The van der Waals surface area contributed by atoms with E-state index < -0.39 is 0 Å². The molecule has 2 N–H and O–H groups in total. The fourth-order valence-corrected chi connectivity index (χ4v) is 4.80. The lowest BCUT2D eigenvalue weighted by Gasteiger charge is -2.36. The van der Waals surface area contributed by atoms with Crippen molar-refractivity contribution in [1.82, 2.24) is 20.4 Å². The summed E-state index contributed by atoms with van der Waals surface area (Å²) in [6.45, 7) is 14.9. The van der Waals surface area contributed by atoms with Gasteiger partial charge in [-0.25, -0.2) is 4.79 Å². The maximum Gasteiger partial charge on any atom is 0.319 e. The highest BCUT2D eigenvalue weighted by molar-refractivity contribution is 7.80. The van der Waals surface area contributed by atoms with Gasteiger partial charge in [-0.1, -0.05) is 27.7 Å². The Hall–Kier alpha value is -0.460. The summed E-state index contributed by atoms with van der Waals surface area (Å²) < 4.78 is 0. The van der Waals surface area contributed by atoms with E-state index >= 15 is 0 Å². The van der Waals surface area contributed by atoms with Crippen molar-refractivity contribution in [2.75, 3.05) is 52.1 Å². The van der Waals surface area contributed by atoms with Crippen LogP contribution in [-0.4, -0.2) is 73.9 Å². The van der Waals surface area contributed by atoms with Crippen LogP contribution in [0, 0.1) is 16.7 Å². The van der Waals surface area contributed by atoms with Gasteiger partial charge in [0, 0.05) is 52.4 Å². The van der Waals surface area contributed by atoms with Crippen molar-refractivity contribution in [2.45, 2.75) is 59.4 Å². The molecule has 0 aliphatic carbocycles. The van der Waals surface area contributed by atoms with Gasteiger partial charge in [0.05, 0.1) is 0 Å². The number of likely N-dealkylation sites (tertiary alicyclic amines) is 1. The highest BCUT2D eigenvalue weighted by Gasteiger charge is 2.32. The van der Waals surface area contributed by atoms with Crippen LogP contribution < -0.4 is 10.6 Å². The molecule has 2 saturated heterocycles. The number of nitrogens with one attached hydrogen (secondary N) is 2. The van der Waals surface area contributed by atoms with Crippen molar-refractivity contribution in [3.05, 3.63) is 0 Å². The van der Waals surface area contributed by atoms with Crippen LogP contribution in [0.4, 0.5) is 4.79 Å². The maximum absolute atomic E-state index is 12.9. The highest BCUT2D eigenvalue weighted by Crippen LogP contribution is 2.32. The molecule has 3 atom stereocenters. The van der Waals surface area contributed by atoms with Crippen molar-refractivity contribution >= 4 is 18.7 Å². The first kappa shape index (κ1) is 22.8. The minimum atomic E-state index is 0.147. The van der Waals surface area contributed by atoms with E-state index in [1.165, 1.54) is 6.42 Å². The van der Waals surface area contributed by atoms with Crippen molar-refractivity contribution in [2.24, 2.45) is 16.7 Å². The van der Waals surface area contributed by atoms with Crippen molar-refractivity contribution in [3.8, 4) is 0 Å². The third kappa shape index (κ3) is 7.47. The van der Waals surface area contributed by atoms with Crippen LogP contribution in [0.25, 0.3) is 0 Å². The molecule has 2 aliphatic rings. The van der Waals surface area contributed by atoms with Gasteiger partial charge in [0.2, 0.25) is 0 Å². The van der Waals surface area contributed by atoms with Crippen LogP contribution in [0.2, 0.25) is 0 Å². The maximum atomic E-state index is 12.9. The fourth-order valence-electron chi connectivity index (χ4n) is 4.51. The third-order valence-corrected chi connectivity index (χ3v) is 6.84. The number of rotatable bonds is 7.